The molecule has 9 aromatic carbocycles. The first kappa shape index (κ1) is 45.5. The lowest BCUT2D eigenvalue weighted by molar-refractivity contribution is 0.0965. The molecule has 0 N–H and O–H groups in total. The summed E-state index contributed by atoms with van der Waals surface area (Å²) in [5, 5.41) is 7.83. The summed E-state index contributed by atoms with van der Waals surface area (Å²) in [4.78, 5) is 4.92. The molecule has 0 unspecified atom stereocenters. The standard InChI is InChI=1S/C69H70N2/c1-67(2,3)69(68(4,5)6)64-45-52-43-57(70(53-25-15-9-16-26-53)55-36-31-49(32-37-55)47-21-11-7-12-22-47)40-35-51(52)44-63(64)65-60-30-20-19-29-59(60)62-46-58(41-42-61(62)66(65)69)71(54-27-17-10-18-28-54)56-38-33-50(34-39-56)48-23-13-8-14-24-48/h9-10,15-20,25-48H,7-8,11-14,21-24H2,1-6H3. The first-order valence-corrected chi connectivity index (χ1v) is 27.0. The van der Waals surface area contributed by atoms with E-state index < -0.39 is 0 Å². The molecule has 12 rings (SSSR count). The number of hydrogen-bond acceptors (Lipinski definition) is 2. The lowest BCUT2D eigenvalue weighted by Crippen LogP contribution is -2.50. The van der Waals surface area contributed by atoms with Gasteiger partial charge in [-0.15, -0.1) is 0 Å². The molecular formula is C69H70N2. The van der Waals surface area contributed by atoms with E-state index in [1.807, 2.05) is 0 Å². The second kappa shape index (κ2) is 17.9. The zero-order chi connectivity index (χ0) is 48.5. The Bertz CT molecular complexity index is 3360. The average molecular weight is 927 g/mol. The normalized spacial score (nSPS) is 16.3. The number of rotatable bonds is 8. The van der Waals surface area contributed by atoms with Gasteiger partial charge in [-0.2, -0.15) is 0 Å². The number of anilines is 6. The first-order valence-electron chi connectivity index (χ1n) is 27.0. The minimum Gasteiger partial charge on any atom is -0.310 e. The van der Waals surface area contributed by atoms with Crippen molar-refractivity contribution in [2.24, 2.45) is 10.8 Å². The number of hydrogen-bond donors (Lipinski definition) is 0. The van der Waals surface area contributed by atoms with Gasteiger partial charge >= 0.3 is 0 Å². The van der Waals surface area contributed by atoms with E-state index in [-0.39, 0.29) is 16.2 Å². The molecule has 2 nitrogen and oxygen atoms in total. The van der Waals surface area contributed by atoms with Crippen LogP contribution < -0.4 is 9.80 Å². The molecule has 356 valence electrons. The van der Waals surface area contributed by atoms with E-state index in [1.165, 1.54) is 164 Å². The van der Waals surface area contributed by atoms with Gasteiger partial charge in [0, 0.05) is 39.5 Å². The van der Waals surface area contributed by atoms with Crippen LogP contribution in [0.4, 0.5) is 34.1 Å². The molecule has 3 aliphatic rings. The van der Waals surface area contributed by atoms with Crippen molar-refractivity contribution in [3.63, 3.8) is 0 Å². The second-order valence-electron chi connectivity index (χ2n) is 23.4. The summed E-state index contributed by atoms with van der Waals surface area (Å²) in [5.41, 5.74) is 15.1. The van der Waals surface area contributed by atoms with Crippen LogP contribution in [0, 0.1) is 10.8 Å². The summed E-state index contributed by atoms with van der Waals surface area (Å²) in [6.07, 6.45) is 13.3. The zero-order valence-corrected chi connectivity index (χ0v) is 42.9. The van der Waals surface area contributed by atoms with Crippen LogP contribution in [0.2, 0.25) is 0 Å². The first-order chi connectivity index (χ1) is 34.5. The minimum atomic E-state index is -0.346. The summed E-state index contributed by atoms with van der Waals surface area (Å²) in [6.45, 7) is 15.0. The maximum Gasteiger partial charge on any atom is 0.0468 e. The van der Waals surface area contributed by atoms with Crippen LogP contribution in [0.5, 0.6) is 0 Å². The average Bonchev–Trinajstić information content (AvgIpc) is 3.73. The smallest absolute Gasteiger partial charge is 0.0468 e. The van der Waals surface area contributed by atoms with E-state index >= 15 is 0 Å². The third-order valence-electron chi connectivity index (χ3n) is 17.3. The van der Waals surface area contributed by atoms with E-state index in [2.05, 4.69) is 233 Å². The van der Waals surface area contributed by atoms with Crippen LogP contribution in [-0.4, -0.2) is 0 Å². The monoisotopic (exact) mass is 927 g/mol. The third-order valence-corrected chi connectivity index (χ3v) is 17.3. The van der Waals surface area contributed by atoms with Crippen molar-refractivity contribution in [3.8, 4) is 11.1 Å². The Kier molecular flexibility index (Phi) is 11.5. The van der Waals surface area contributed by atoms with E-state index in [0.29, 0.717) is 11.8 Å². The number of nitrogens with zero attached hydrogens (tertiary/aromatic N) is 2. The summed E-state index contributed by atoms with van der Waals surface area (Å²) in [7, 11) is 0. The molecule has 9 aromatic rings. The van der Waals surface area contributed by atoms with Crippen LogP contribution >= 0.6 is 0 Å². The largest absolute Gasteiger partial charge is 0.310 e. The van der Waals surface area contributed by atoms with Gasteiger partial charge < -0.3 is 9.80 Å². The van der Waals surface area contributed by atoms with Crippen LogP contribution in [0.25, 0.3) is 43.4 Å². The topological polar surface area (TPSA) is 6.48 Å². The molecule has 0 bridgehead atoms. The zero-order valence-electron chi connectivity index (χ0n) is 42.9. The highest BCUT2D eigenvalue weighted by Gasteiger charge is 2.59. The van der Waals surface area contributed by atoms with Gasteiger partial charge in [-0.1, -0.05) is 177 Å². The molecule has 71 heavy (non-hydrogen) atoms. The van der Waals surface area contributed by atoms with Crippen LogP contribution in [0.1, 0.15) is 140 Å². The van der Waals surface area contributed by atoms with Crippen molar-refractivity contribution < 1.29 is 0 Å². The molecule has 0 aromatic heterocycles. The summed E-state index contributed by atoms with van der Waals surface area (Å²) in [5.74, 6) is 1.35. The van der Waals surface area contributed by atoms with Crippen molar-refractivity contribution in [1.29, 1.82) is 0 Å². The highest BCUT2D eigenvalue weighted by Crippen LogP contribution is 2.68. The Balaban J connectivity index is 1.04. The highest BCUT2D eigenvalue weighted by atomic mass is 15.1. The molecule has 0 radical (unpaired) electrons. The molecule has 3 aliphatic carbocycles. The van der Waals surface area contributed by atoms with Crippen molar-refractivity contribution in [1.82, 2.24) is 0 Å². The van der Waals surface area contributed by atoms with E-state index in [0.717, 1.165) is 0 Å². The SMILES string of the molecule is CC(C)(C)C1(C(C)(C)C)c2cc3cc(N(c4ccccc4)c4ccc(C5CCCCC5)cc4)ccc3cc2-c2c1c1ccc(N(c3ccccc3)c3ccc(C4CCCCC4)cc3)cc1c1ccccc21. The molecule has 2 heteroatoms. The van der Waals surface area contributed by atoms with Gasteiger partial charge in [0.1, 0.15) is 0 Å². The number of para-hydroxylation sites is 2. The molecule has 0 aliphatic heterocycles. The summed E-state index contributed by atoms with van der Waals surface area (Å²) in [6, 6.07) is 69.9. The van der Waals surface area contributed by atoms with E-state index in [4.69, 9.17) is 0 Å². The predicted molar refractivity (Wildman–Crippen MR) is 305 cm³/mol. The van der Waals surface area contributed by atoms with Gasteiger partial charge in [0.05, 0.1) is 0 Å². The quantitative estimate of drug-likeness (QED) is 0.140. The summed E-state index contributed by atoms with van der Waals surface area (Å²) < 4.78 is 0. The molecule has 0 atom stereocenters. The third kappa shape index (κ3) is 7.67. The summed E-state index contributed by atoms with van der Waals surface area (Å²) >= 11 is 0. The fourth-order valence-corrected chi connectivity index (χ4v) is 14.5. The van der Waals surface area contributed by atoms with Gasteiger partial charge in [-0.3, -0.25) is 0 Å². The van der Waals surface area contributed by atoms with E-state index in [1.54, 1.807) is 0 Å². The van der Waals surface area contributed by atoms with Crippen molar-refractivity contribution >= 4 is 66.4 Å². The van der Waals surface area contributed by atoms with Crippen LogP contribution in [0.3, 0.4) is 0 Å². The van der Waals surface area contributed by atoms with Crippen LogP contribution in [0.15, 0.2) is 182 Å². The van der Waals surface area contributed by atoms with Gasteiger partial charge in [0.2, 0.25) is 0 Å². The van der Waals surface area contributed by atoms with Gasteiger partial charge in [0.15, 0.2) is 0 Å². The number of fused-ring (bicyclic) bond motifs is 9. The molecule has 0 saturated heterocycles. The Morgan fingerprint density at radius 1 is 0.366 bits per heavy atom. The maximum atomic E-state index is 2.60. The maximum absolute atomic E-state index is 2.60. The fraction of sp³-hybridized carbons (Fsp3) is 0.304. The molecule has 0 spiro atoms. The number of benzene rings is 9. The van der Waals surface area contributed by atoms with Gasteiger partial charge in [-0.05, 0) is 199 Å². The Morgan fingerprint density at radius 3 is 1.34 bits per heavy atom. The van der Waals surface area contributed by atoms with Crippen LogP contribution in [-0.2, 0) is 5.41 Å². The molecular weight excluding hydrogens is 857 g/mol. The molecule has 2 saturated carbocycles. The van der Waals surface area contributed by atoms with Gasteiger partial charge in [-0.25, -0.2) is 0 Å². The van der Waals surface area contributed by atoms with Crippen molar-refractivity contribution in [2.45, 2.75) is 123 Å². The Hall–Kier alpha value is -6.64. The Labute approximate surface area is 423 Å². The molecule has 0 heterocycles. The lowest BCUT2D eigenvalue weighted by atomic mass is 9.49. The minimum absolute atomic E-state index is 0.156. The second-order valence-corrected chi connectivity index (χ2v) is 23.4. The highest BCUT2D eigenvalue weighted by molar-refractivity contribution is 6.20. The fourth-order valence-electron chi connectivity index (χ4n) is 14.5. The molecule has 0 amide bonds. The van der Waals surface area contributed by atoms with Crippen molar-refractivity contribution in [2.75, 3.05) is 9.80 Å². The Morgan fingerprint density at radius 2 is 0.817 bits per heavy atom. The van der Waals surface area contributed by atoms with E-state index in [9.17, 15) is 0 Å². The lowest BCUT2D eigenvalue weighted by Gasteiger charge is -2.53. The van der Waals surface area contributed by atoms with Crippen molar-refractivity contribution in [3.05, 3.63) is 204 Å². The molecule has 2 fully saturated rings. The van der Waals surface area contributed by atoms with Gasteiger partial charge in [0.25, 0.3) is 0 Å². The predicted octanol–water partition coefficient (Wildman–Crippen LogP) is 20.5.